The van der Waals surface area contributed by atoms with Crippen molar-refractivity contribution in [1.82, 2.24) is 24.6 Å². The summed E-state index contributed by atoms with van der Waals surface area (Å²) in [6, 6.07) is 6.70. The fourth-order valence-corrected chi connectivity index (χ4v) is 4.15. The molecular formula is C18H14ClF4N5S. The molecule has 1 aliphatic rings. The Hall–Kier alpha value is -2.17. The van der Waals surface area contributed by atoms with Gasteiger partial charge in [-0.1, -0.05) is 11.6 Å². The van der Waals surface area contributed by atoms with Gasteiger partial charge in [-0.3, -0.25) is 9.47 Å². The minimum Gasteiger partial charge on any atom is -0.296 e. The number of hydrogen-bond acceptors (Lipinski definition) is 5. The van der Waals surface area contributed by atoms with Crippen molar-refractivity contribution in [2.75, 3.05) is 13.1 Å². The summed E-state index contributed by atoms with van der Waals surface area (Å²) < 4.78 is 56.8. The second-order valence-electron chi connectivity index (χ2n) is 6.45. The largest absolute Gasteiger partial charge is 0.296 e. The third-order valence-electron chi connectivity index (χ3n) is 4.50. The van der Waals surface area contributed by atoms with Gasteiger partial charge in [-0.2, -0.15) is 13.8 Å². The van der Waals surface area contributed by atoms with Crippen LogP contribution in [0, 0.1) is 23.5 Å². The number of rotatable bonds is 5. The second kappa shape index (κ2) is 8.29. The Labute approximate surface area is 172 Å². The number of pyridine rings is 1. The third-order valence-corrected chi connectivity index (χ3v) is 5.76. The molecule has 1 aliphatic heterocycles. The van der Waals surface area contributed by atoms with E-state index in [-0.39, 0.29) is 5.16 Å². The third kappa shape index (κ3) is 4.10. The van der Waals surface area contributed by atoms with Gasteiger partial charge in [0.05, 0.1) is 11.4 Å². The predicted octanol–water partition coefficient (Wildman–Crippen LogP) is 4.62. The maximum atomic E-state index is 14.1. The average molecular weight is 444 g/mol. The Balaban J connectivity index is 1.77. The van der Waals surface area contributed by atoms with Gasteiger partial charge >= 0.3 is 0 Å². The molecule has 5 nitrogen and oxygen atoms in total. The number of likely N-dealkylation sites (tertiary alicyclic amines) is 1. The molecule has 0 bridgehead atoms. The van der Waals surface area contributed by atoms with E-state index in [0.717, 1.165) is 25.9 Å². The van der Waals surface area contributed by atoms with E-state index in [1.807, 2.05) is 0 Å². The Morgan fingerprint density at radius 2 is 1.55 bits per heavy atom. The lowest BCUT2D eigenvalue weighted by Crippen LogP contribution is -2.21. The van der Waals surface area contributed by atoms with Crippen LogP contribution in [0.1, 0.15) is 18.7 Å². The maximum absolute atomic E-state index is 14.1. The number of hydrogen-bond donors (Lipinski definition) is 0. The highest BCUT2D eigenvalue weighted by molar-refractivity contribution is 7.99. The highest BCUT2D eigenvalue weighted by Gasteiger charge is 2.26. The van der Waals surface area contributed by atoms with Crippen LogP contribution in [0.4, 0.5) is 17.6 Å². The molecule has 0 saturated carbocycles. The van der Waals surface area contributed by atoms with Gasteiger partial charge in [0.25, 0.3) is 11.9 Å². The van der Waals surface area contributed by atoms with Gasteiger partial charge in [-0.05, 0) is 62.0 Å². The zero-order valence-electron chi connectivity index (χ0n) is 14.9. The highest BCUT2D eigenvalue weighted by atomic mass is 35.5. The molecule has 11 heteroatoms. The van der Waals surface area contributed by atoms with Gasteiger partial charge in [0.2, 0.25) is 5.16 Å². The molecule has 1 fully saturated rings. The Kier molecular flexibility index (Phi) is 5.75. The first kappa shape index (κ1) is 20.1. The maximum Gasteiger partial charge on any atom is 0.252 e. The van der Waals surface area contributed by atoms with Gasteiger partial charge in [0.15, 0.2) is 17.5 Å². The molecule has 0 amide bonds. The average Bonchev–Trinajstić information content (AvgIpc) is 3.35. The topological polar surface area (TPSA) is 46.8 Å². The molecule has 29 heavy (non-hydrogen) atoms. The zero-order valence-corrected chi connectivity index (χ0v) is 16.5. The van der Waals surface area contributed by atoms with E-state index in [1.54, 1.807) is 28.8 Å². The number of nitrogens with zero attached hydrogens (tertiary/aromatic N) is 5. The summed E-state index contributed by atoms with van der Waals surface area (Å²) in [6.07, 6.45) is 2.14. The number of aromatic nitrogens is 4. The van der Waals surface area contributed by atoms with Crippen LogP contribution in [0.2, 0.25) is 5.02 Å². The van der Waals surface area contributed by atoms with E-state index < -0.39 is 28.4 Å². The zero-order chi connectivity index (χ0) is 20.5. The van der Waals surface area contributed by atoms with Crippen molar-refractivity contribution in [2.45, 2.75) is 29.4 Å². The SMILES string of the molecule is Fc1nc(F)c(F)c(Sc2nnc(CN3CCCC3)n2-c2ccc(Cl)cc2)c1F. The summed E-state index contributed by atoms with van der Waals surface area (Å²) in [5, 5.41) is 8.73. The van der Waals surface area contributed by atoms with E-state index in [2.05, 4.69) is 20.1 Å². The summed E-state index contributed by atoms with van der Waals surface area (Å²) in [7, 11) is 0. The molecule has 152 valence electrons. The summed E-state index contributed by atoms with van der Waals surface area (Å²) in [6.45, 7) is 2.28. The van der Waals surface area contributed by atoms with Gasteiger partial charge in [0, 0.05) is 10.7 Å². The van der Waals surface area contributed by atoms with Gasteiger partial charge in [0.1, 0.15) is 0 Å². The molecule has 0 radical (unpaired) electrons. The summed E-state index contributed by atoms with van der Waals surface area (Å²) in [5.74, 6) is -6.07. The van der Waals surface area contributed by atoms with Crippen LogP contribution < -0.4 is 0 Å². The first-order valence-electron chi connectivity index (χ1n) is 8.74. The Morgan fingerprint density at radius 3 is 2.17 bits per heavy atom. The number of benzene rings is 1. The lowest BCUT2D eigenvalue weighted by Gasteiger charge is -2.16. The van der Waals surface area contributed by atoms with E-state index in [4.69, 9.17) is 11.6 Å². The van der Waals surface area contributed by atoms with Crippen molar-refractivity contribution < 1.29 is 17.6 Å². The summed E-state index contributed by atoms with van der Waals surface area (Å²) >= 11 is 6.39. The minimum atomic E-state index is -1.72. The molecule has 0 atom stereocenters. The molecule has 1 saturated heterocycles. The van der Waals surface area contributed by atoms with Gasteiger partial charge < -0.3 is 0 Å². The molecule has 0 unspecified atom stereocenters. The summed E-state index contributed by atoms with van der Waals surface area (Å²) in [4.78, 5) is 3.89. The van der Waals surface area contributed by atoms with Crippen molar-refractivity contribution in [3.05, 3.63) is 58.6 Å². The molecule has 4 rings (SSSR count). The second-order valence-corrected chi connectivity index (χ2v) is 7.86. The van der Waals surface area contributed by atoms with E-state index >= 15 is 0 Å². The quantitative estimate of drug-likeness (QED) is 0.425. The first-order chi connectivity index (χ1) is 13.9. The van der Waals surface area contributed by atoms with Crippen LogP contribution in [0.15, 0.2) is 34.3 Å². The fourth-order valence-electron chi connectivity index (χ4n) is 3.11. The lowest BCUT2D eigenvalue weighted by molar-refractivity contribution is 0.319. The van der Waals surface area contributed by atoms with Crippen molar-refractivity contribution in [3.63, 3.8) is 0 Å². The molecule has 2 aromatic heterocycles. The molecule has 3 aromatic rings. The molecule has 3 heterocycles. The van der Waals surface area contributed by atoms with Crippen LogP contribution in [-0.2, 0) is 6.54 Å². The number of halogens is 5. The van der Waals surface area contributed by atoms with Crippen molar-refractivity contribution in [2.24, 2.45) is 0 Å². The van der Waals surface area contributed by atoms with E-state index in [9.17, 15) is 17.6 Å². The standard InChI is InChI=1S/C18H14ClF4N5S/c19-10-3-5-11(6-4-10)28-12(9-27-7-1-2-8-27)25-26-18(28)29-15-13(20)16(22)24-17(23)14(15)21/h3-6H,1-2,7-9H2. The normalized spacial score (nSPS) is 14.7. The van der Waals surface area contributed by atoms with Crippen LogP contribution >= 0.6 is 23.4 Å². The van der Waals surface area contributed by atoms with Crippen LogP contribution in [0.5, 0.6) is 0 Å². The predicted molar refractivity (Wildman–Crippen MR) is 99.1 cm³/mol. The first-order valence-corrected chi connectivity index (χ1v) is 9.94. The minimum absolute atomic E-state index is 0.0596. The summed E-state index contributed by atoms with van der Waals surface area (Å²) in [5.41, 5.74) is 0.604. The monoisotopic (exact) mass is 443 g/mol. The Bertz CT molecular complexity index is 1010. The molecule has 0 N–H and O–H groups in total. The Morgan fingerprint density at radius 1 is 0.931 bits per heavy atom. The van der Waals surface area contributed by atoms with Crippen molar-refractivity contribution in [1.29, 1.82) is 0 Å². The van der Waals surface area contributed by atoms with E-state index in [1.165, 1.54) is 0 Å². The smallest absolute Gasteiger partial charge is 0.252 e. The van der Waals surface area contributed by atoms with Crippen LogP contribution in [0.25, 0.3) is 5.69 Å². The lowest BCUT2D eigenvalue weighted by atomic mass is 10.3. The van der Waals surface area contributed by atoms with Crippen molar-refractivity contribution in [3.8, 4) is 5.69 Å². The van der Waals surface area contributed by atoms with E-state index in [0.29, 0.717) is 34.8 Å². The van der Waals surface area contributed by atoms with Crippen LogP contribution in [-0.4, -0.2) is 37.7 Å². The van der Waals surface area contributed by atoms with Gasteiger partial charge in [-0.25, -0.2) is 8.78 Å². The van der Waals surface area contributed by atoms with Crippen molar-refractivity contribution >= 4 is 23.4 Å². The molecule has 0 spiro atoms. The van der Waals surface area contributed by atoms with Crippen LogP contribution in [0.3, 0.4) is 0 Å². The van der Waals surface area contributed by atoms with Gasteiger partial charge in [-0.15, -0.1) is 10.2 Å². The molecular weight excluding hydrogens is 430 g/mol. The molecule has 0 aliphatic carbocycles. The fraction of sp³-hybridized carbons (Fsp3) is 0.278. The molecule has 1 aromatic carbocycles. The highest BCUT2D eigenvalue weighted by Crippen LogP contribution is 2.34.